The number of nitrogens with two attached hydrogens (primary N) is 1. The van der Waals surface area contributed by atoms with E-state index in [1.54, 1.807) is 6.92 Å². The second-order valence-corrected chi connectivity index (χ2v) is 6.63. The normalized spacial score (nSPS) is 11.5. The summed E-state index contributed by atoms with van der Waals surface area (Å²) in [5.41, 5.74) is -0.355. The largest absolute Gasteiger partial charge is 0.383 e. The second-order valence-electron chi connectivity index (χ2n) is 4.19. The molecule has 0 fully saturated rings. The van der Waals surface area contributed by atoms with Gasteiger partial charge in [0.25, 0.3) is 5.91 Å². The summed E-state index contributed by atoms with van der Waals surface area (Å²) >= 11 is 3.05. The number of benzene rings is 1. The standard InChI is InChI=1S/C12H16BrFN2O4S/c1-3-16(4-5-20-2)12(17)9-6-8(13)7-10(11(9)14)21(15,18)19/h6-7H,3-5H2,1-2H3,(H2,15,18,19). The van der Waals surface area contributed by atoms with Gasteiger partial charge in [0.1, 0.15) is 4.90 Å². The van der Waals surface area contributed by atoms with Crippen molar-refractivity contribution in [2.75, 3.05) is 26.8 Å². The zero-order valence-corrected chi connectivity index (χ0v) is 14.0. The highest BCUT2D eigenvalue weighted by Crippen LogP contribution is 2.24. The minimum atomic E-state index is -4.26. The van der Waals surface area contributed by atoms with Crippen LogP contribution in [0.4, 0.5) is 4.39 Å². The van der Waals surface area contributed by atoms with Gasteiger partial charge in [0.05, 0.1) is 12.2 Å². The van der Waals surface area contributed by atoms with Gasteiger partial charge >= 0.3 is 0 Å². The molecule has 0 aliphatic carbocycles. The van der Waals surface area contributed by atoms with Gasteiger partial charge in [0.2, 0.25) is 10.0 Å². The van der Waals surface area contributed by atoms with Crippen molar-refractivity contribution in [3.63, 3.8) is 0 Å². The topological polar surface area (TPSA) is 89.7 Å². The highest BCUT2D eigenvalue weighted by Gasteiger charge is 2.25. The van der Waals surface area contributed by atoms with Crippen LogP contribution in [0.2, 0.25) is 0 Å². The Morgan fingerprint density at radius 2 is 2.10 bits per heavy atom. The zero-order chi connectivity index (χ0) is 16.2. The number of hydrogen-bond acceptors (Lipinski definition) is 4. The van der Waals surface area contributed by atoms with E-state index in [0.29, 0.717) is 6.54 Å². The van der Waals surface area contributed by atoms with E-state index in [-0.39, 0.29) is 23.2 Å². The summed E-state index contributed by atoms with van der Waals surface area (Å²) in [6.07, 6.45) is 0. The molecule has 1 aromatic rings. The average molecular weight is 383 g/mol. The monoisotopic (exact) mass is 382 g/mol. The summed E-state index contributed by atoms with van der Waals surface area (Å²) in [5.74, 6) is -1.78. The Labute approximate surface area is 131 Å². The molecule has 0 aliphatic heterocycles. The fourth-order valence-corrected chi connectivity index (χ4v) is 2.96. The number of hydrogen-bond donors (Lipinski definition) is 1. The van der Waals surface area contributed by atoms with Crippen molar-refractivity contribution in [1.82, 2.24) is 4.90 Å². The summed E-state index contributed by atoms with van der Waals surface area (Å²) in [6.45, 7) is 2.61. The van der Waals surface area contributed by atoms with Crippen molar-refractivity contribution in [2.24, 2.45) is 5.14 Å². The fraction of sp³-hybridized carbons (Fsp3) is 0.417. The molecule has 0 atom stereocenters. The van der Waals surface area contributed by atoms with Gasteiger partial charge < -0.3 is 9.64 Å². The van der Waals surface area contributed by atoms with Crippen molar-refractivity contribution in [1.29, 1.82) is 0 Å². The van der Waals surface area contributed by atoms with Crippen LogP contribution in [0.3, 0.4) is 0 Å². The number of amides is 1. The summed E-state index contributed by atoms with van der Waals surface area (Å²) < 4.78 is 42.1. The Bertz CT molecular complexity index is 636. The first-order valence-corrected chi connectivity index (χ1v) is 8.36. The molecule has 2 N–H and O–H groups in total. The lowest BCUT2D eigenvalue weighted by Gasteiger charge is -2.21. The Morgan fingerprint density at radius 3 is 2.57 bits per heavy atom. The summed E-state index contributed by atoms with van der Waals surface area (Å²) in [4.78, 5) is 12.9. The highest BCUT2D eigenvalue weighted by molar-refractivity contribution is 9.10. The number of methoxy groups -OCH3 is 1. The fourth-order valence-electron chi connectivity index (χ4n) is 1.70. The molecule has 0 radical (unpaired) electrons. The van der Waals surface area contributed by atoms with Crippen LogP contribution in [0.1, 0.15) is 17.3 Å². The molecular formula is C12H16BrFN2O4S. The van der Waals surface area contributed by atoms with Gasteiger partial charge in [0, 0.05) is 24.7 Å². The van der Waals surface area contributed by atoms with E-state index in [2.05, 4.69) is 15.9 Å². The van der Waals surface area contributed by atoms with Crippen LogP contribution in [-0.2, 0) is 14.8 Å². The van der Waals surface area contributed by atoms with Crippen molar-refractivity contribution >= 4 is 31.9 Å². The molecule has 0 aliphatic rings. The number of likely N-dealkylation sites (N-methyl/N-ethyl adjacent to an activating group) is 1. The van der Waals surface area contributed by atoms with Crippen LogP contribution in [0, 0.1) is 5.82 Å². The summed E-state index contributed by atoms with van der Waals surface area (Å²) in [6, 6.07) is 2.24. The molecule has 1 rings (SSSR count). The number of carbonyl (C=O) groups is 1. The van der Waals surface area contributed by atoms with Gasteiger partial charge in [-0.2, -0.15) is 0 Å². The third-order valence-electron chi connectivity index (χ3n) is 2.78. The molecule has 21 heavy (non-hydrogen) atoms. The van der Waals surface area contributed by atoms with Crippen molar-refractivity contribution < 1.29 is 22.3 Å². The minimum Gasteiger partial charge on any atom is -0.383 e. The summed E-state index contributed by atoms with van der Waals surface area (Å²) in [7, 11) is -2.78. The number of halogens is 2. The lowest BCUT2D eigenvalue weighted by Crippen LogP contribution is -2.34. The van der Waals surface area contributed by atoms with Gasteiger partial charge in [-0.15, -0.1) is 0 Å². The Balaban J connectivity index is 3.30. The smallest absolute Gasteiger partial charge is 0.256 e. The van der Waals surface area contributed by atoms with Crippen LogP contribution in [-0.4, -0.2) is 46.0 Å². The molecule has 118 valence electrons. The number of carbonyl (C=O) groups excluding carboxylic acids is 1. The first kappa shape index (κ1) is 18.0. The first-order chi connectivity index (χ1) is 9.72. The number of rotatable bonds is 6. The van der Waals surface area contributed by atoms with Gasteiger partial charge in [0.15, 0.2) is 5.82 Å². The number of ether oxygens (including phenoxy) is 1. The number of primary sulfonamides is 1. The van der Waals surface area contributed by atoms with Crippen LogP contribution >= 0.6 is 15.9 Å². The Hall–Kier alpha value is -1.03. The molecule has 1 amide bonds. The van der Waals surface area contributed by atoms with Gasteiger partial charge in [-0.3, -0.25) is 4.79 Å². The average Bonchev–Trinajstić information content (AvgIpc) is 2.40. The lowest BCUT2D eigenvalue weighted by molar-refractivity contribution is 0.0701. The van der Waals surface area contributed by atoms with E-state index in [9.17, 15) is 17.6 Å². The van der Waals surface area contributed by atoms with Crippen LogP contribution in [0.5, 0.6) is 0 Å². The second kappa shape index (κ2) is 7.30. The molecule has 6 nitrogen and oxygen atoms in total. The van der Waals surface area contributed by atoms with Gasteiger partial charge in [-0.1, -0.05) is 15.9 Å². The number of nitrogens with zero attached hydrogens (tertiary/aromatic N) is 1. The van der Waals surface area contributed by atoms with Gasteiger partial charge in [-0.25, -0.2) is 17.9 Å². The molecule has 0 saturated heterocycles. The van der Waals surface area contributed by atoms with E-state index >= 15 is 0 Å². The van der Waals surface area contributed by atoms with Gasteiger partial charge in [-0.05, 0) is 19.1 Å². The van der Waals surface area contributed by atoms with E-state index in [0.717, 1.165) is 6.07 Å². The van der Waals surface area contributed by atoms with E-state index in [4.69, 9.17) is 9.88 Å². The molecule has 0 unspecified atom stereocenters. The van der Waals surface area contributed by atoms with Crippen molar-refractivity contribution in [3.8, 4) is 0 Å². The third kappa shape index (κ3) is 4.47. The van der Waals surface area contributed by atoms with E-state index in [1.165, 1.54) is 18.1 Å². The quantitative estimate of drug-likeness (QED) is 0.803. The maximum Gasteiger partial charge on any atom is 0.256 e. The SMILES string of the molecule is CCN(CCOC)C(=O)c1cc(Br)cc(S(N)(=O)=O)c1F. The van der Waals surface area contributed by atoms with Crippen molar-refractivity contribution in [2.45, 2.75) is 11.8 Å². The molecule has 9 heteroatoms. The molecule has 0 bridgehead atoms. The highest BCUT2D eigenvalue weighted by atomic mass is 79.9. The van der Waals surface area contributed by atoms with Crippen LogP contribution in [0.25, 0.3) is 0 Å². The summed E-state index contributed by atoms with van der Waals surface area (Å²) in [5, 5.41) is 4.95. The Kier molecular flexibility index (Phi) is 6.26. The van der Waals surface area contributed by atoms with Crippen LogP contribution < -0.4 is 5.14 Å². The minimum absolute atomic E-state index is 0.249. The van der Waals surface area contributed by atoms with E-state index < -0.39 is 26.6 Å². The first-order valence-electron chi connectivity index (χ1n) is 6.02. The number of sulfonamides is 1. The molecule has 0 saturated carbocycles. The zero-order valence-electron chi connectivity index (χ0n) is 11.6. The van der Waals surface area contributed by atoms with E-state index in [1.807, 2.05) is 0 Å². The molecule has 1 aromatic carbocycles. The molecule has 0 spiro atoms. The molecule has 0 heterocycles. The molecular weight excluding hydrogens is 367 g/mol. The third-order valence-corrected chi connectivity index (χ3v) is 4.14. The lowest BCUT2D eigenvalue weighted by atomic mass is 10.2. The predicted octanol–water partition coefficient (Wildman–Crippen LogP) is 1.34. The maximum absolute atomic E-state index is 14.3. The van der Waals surface area contributed by atoms with Crippen LogP contribution in [0.15, 0.2) is 21.5 Å². The maximum atomic E-state index is 14.3. The predicted molar refractivity (Wildman–Crippen MR) is 78.9 cm³/mol. The van der Waals surface area contributed by atoms with Crippen molar-refractivity contribution in [3.05, 3.63) is 28.0 Å². The Morgan fingerprint density at radius 1 is 1.48 bits per heavy atom. The molecule has 0 aromatic heterocycles.